The van der Waals surface area contributed by atoms with Crippen molar-refractivity contribution in [2.75, 3.05) is 5.75 Å². The van der Waals surface area contributed by atoms with Gasteiger partial charge in [0.05, 0.1) is 17.9 Å². The van der Waals surface area contributed by atoms with Gasteiger partial charge in [-0.1, -0.05) is 13.8 Å². The summed E-state index contributed by atoms with van der Waals surface area (Å²) in [4.78, 5) is 0. The fourth-order valence-electron chi connectivity index (χ4n) is 4.28. The standard InChI is InChI=1S/C10H17NO3S/c1-9(2)6-3-4-10(9)5-15(13,14)11-8(10)7(6)12/h6-8,11-12H,3-5H2,1-2H3/t6?,7-,8-,10?/m0/s1. The van der Waals surface area contributed by atoms with Crippen LogP contribution in [0.25, 0.3) is 0 Å². The topological polar surface area (TPSA) is 66.4 Å². The van der Waals surface area contributed by atoms with Gasteiger partial charge in [-0.05, 0) is 24.2 Å². The summed E-state index contributed by atoms with van der Waals surface area (Å²) in [6, 6.07) is -0.240. The number of aliphatic hydroxyl groups excluding tert-OH is 1. The molecule has 0 aromatic heterocycles. The maximum Gasteiger partial charge on any atom is 0.212 e. The molecule has 2 N–H and O–H groups in total. The summed E-state index contributed by atoms with van der Waals surface area (Å²) in [6.45, 7) is 4.22. The average molecular weight is 231 g/mol. The van der Waals surface area contributed by atoms with E-state index < -0.39 is 16.1 Å². The Kier molecular flexibility index (Phi) is 1.62. The summed E-state index contributed by atoms with van der Waals surface area (Å²) in [5.74, 6) is 0.455. The monoisotopic (exact) mass is 231 g/mol. The van der Waals surface area contributed by atoms with E-state index in [2.05, 4.69) is 18.6 Å². The SMILES string of the molecule is CC1(C)C2CCC13CS(=O)(=O)N[C@H]3[C@H]2O. The molecule has 86 valence electrons. The number of aliphatic hydroxyl groups is 1. The van der Waals surface area contributed by atoms with Gasteiger partial charge in [-0.15, -0.1) is 0 Å². The third kappa shape index (κ3) is 0.929. The van der Waals surface area contributed by atoms with Crippen molar-refractivity contribution in [1.29, 1.82) is 0 Å². The van der Waals surface area contributed by atoms with Gasteiger partial charge in [0.25, 0.3) is 0 Å². The van der Waals surface area contributed by atoms with Crippen molar-refractivity contribution >= 4 is 10.0 Å². The van der Waals surface area contributed by atoms with Crippen LogP contribution >= 0.6 is 0 Å². The summed E-state index contributed by atoms with van der Waals surface area (Å²) in [7, 11) is -3.16. The van der Waals surface area contributed by atoms with Crippen molar-refractivity contribution < 1.29 is 13.5 Å². The zero-order chi connectivity index (χ0) is 11.1. The van der Waals surface area contributed by atoms with Crippen LogP contribution < -0.4 is 4.72 Å². The molecule has 4 nitrogen and oxygen atoms in total. The highest BCUT2D eigenvalue weighted by Crippen LogP contribution is 2.67. The molecule has 15 heavy (non-hydrogen) atoms. The van der Waals surface area contributed by atoms with Gasteiger partial charge in [-0.2, -0.15) is 0 Å². The Bertz CT molecular complexity index is 416. The minimum atomic E-state index is -3.16. The molecule has 5 heteroatoms. The van der Waals surface area contributed by atoms with E-state index in [1.54, 1.807) is 0 Å². The summed E-state index contributed by atoms with van der Waals surface area (Å²) >= 11 is 0. The Balaban J connectivity index is 2.16. The third-order valence-corrected chi connectivity index (χ3v) is 6.72. The number of nitrogens with one attached hydrogen (secondary N) is 1. The Morgan fingerprint density at radius 2 is 2.07 bits per heavy atom. The lowest BCUT2D eigenvalue weighted by Gasteiger charge is -2.35. The predicted octanol–water partition coefficient (Wildman–Crippen LogP) is 0.0851. The smallest absolute Gasteiger partial charge is 0.212 e. The highest BCUT2D eigenvalue weighted by atomic mass is 32.2. The number of sulfonamides is 1. The molecule has 0 radical (unpaired) electrons. The minimum absolute atomic E-state index is 0.0619. The molecule has 0 aromatic rings. The van der Waals surface area contributed by atoms with Gasteiger partial charge in [0.1, 0.15) is 0 Å². The summed E-state index contributed by atoms with van der Waals surface area (Å²) in [5.41, 5.74) is -0.288. The van der Waals surface area contributed by atoms with Crippen molar-refractivity contribution in [3.05, 3.63) is 0 Å². The van der Waals surface area contributed by atoms with Crippen LogP contribution in [0.1, 0.15) is 26.7 Å². The van der Waals surface area contributed by atoms with Gasteiger partial charge in [-0.3, -0.25) is 0 Å². The Morgan fingerprint density at radius 1 is 1.40 bits per heavy atom. The molecule has 3 aliphatic rings. The fraction of sp³-hybridized carbons (Fsp3) is 1.00. The van der Waals surface area contributed by atoms with Crippen molar-refractivity contribution in [3.63, 3.8) is 0 Å². The van der Waals surface area contributed by atoms with E-state index in [1.807, 2.05) is 0 Å². The fourth-order valence-corrected chi connectivity index (χ4v) is 6.49. The second kappa shape index (κ2) is 2.41. The number of hydrogen-bond acceptors (Lipinski definition) is 3. The van der Waals surface area contributed by atoms with Crippen LogP contribution in [0.2, 0.25) is 0 Å². The molecule has 1 aliphatic heterocycles. The van der Waals surface area contributed by atoms with Crippen LogP contribution in [0, 0.1) is 16.7 Å². The predicted molar refractivity (Wildman–Crippen MR) is 55.7 cm³/mol. The quantitative estimate of drug-likeness (QED) is 0.620. The highest BCUT2D eigenvalue weighted by molar-refractivity contribution is 7.89. The summed E-state index contributed by atoms with van der Waals surface area (Å²) in [6.07, 6.45) is 1.39. The Morgan fingerprint density at radius 3 is 2.67 bits per heavy atom. The van der Waals surface area contributed by atoms with Crippen LogP contribution in [-0.2, 0) is 10.0 Å². The van der Waals surface area contributed by atoms with Crippen molar-refractivity contribution in [3.8, 4) is 0 Å². The van der Waals surface area contributed by atoms with E-state index in [4.69, 9.17) is 0 Å². The van der Waals surface area contributed by atoms with E-state index in [0.717, 1.165) is 12.8 Å². The second-order valence-electron chi connectivity index (χ2n) is 5.87. The Hall–Kier alpha value is -0.130. The summed E-state index contributed by atoms with van der Waals surface area (Å²) < 4.78 is 25.9. The average Bonchev–Trinajstić information content (AvgIpc) is 2.54. The van der Waals surface area contributed by atoms with Crippen molar-refractivity contribution in [1.82, 2.24) is 4.72 Å². The van der Waals surface area contributed by atoms with Gasteiger partial charge >= 0.3 is 0 Å². The lowest BCUT2D eigenvalue weighted by molar-refractivity contribution is 0.0744. The molecule has 0 amide bonds. The third-order valence-electron chi connectivity index (χ3n) is 5.21. The number of rotatable bonds is 0. The number of hydrogen-bond donors (Lipinski definition) is 2. The lowest BCUT2D eigenvalue weighted by Crippen LogP contribution is -2.45. The largest absolute Gasteiger partial charge is 0.391 e. The maximum atomic E-state index is 11.6. The Labute approximate surface area is 90.1 Å². The molecule has 0 aromatic carbocycles. The lowest BCUT2D eigenvalue weighted by atomic mass is 9.69. The normalized spacial score (nSPS) is 54.5. The molecular formula is C10H17NO3S. The van der Waals surface area contributed by atoms with Crippen LogP contribution in [0.5, 0.6) is 0 Å². The van der Waals surface area contributed by atoms with Gasteiger partial charge < -0.3 is 5.11 Å². The van der Waals surface area contributed by atoms with Crippen molar-refractivity contribution in [2.45, 2.75) is 38.8 Å². The minimum Gasteiger partial charge on any atom is -0.391 e. The van der Waals surface area contributed by atoms with Gasteiger partial charge in [-0.25, -0.2) is 13.1 Å². The molecule has 2 unspecified atom stereocenters. The first-order chi connectivity index (χ1) is 6.80. The van der Waals surface area contributed by atoms with Gasteiger partial charge in [0.2, 0.25) is 10.0 Å². The highest BCUT2D eigenvalue weighted by Gasteiger charge is 2.72. The van der Waals surface area contributed by atoms with E-state index >= 15 is 0 Å². The first-order valence-electron chi connectivity index (χ1n) is 5.48. The molecule has 1 heterocycles. The molecule has 2 saturated carbocycles. The van der Waals surface area contributed by atoms with Crippen LogP contribution in [0.15, 0.2) is 0 Å². The zero-order valence-corrected chi connectivity index (χ0v) is 9.84. The van der Waals surface area contributed by atoms with E-state index in [1.165, 1.54) is 0 Å². The molecule has 1 saturated heterocycles. The second-order valence-corrected chi connectivity index (χ2v) is 7.62. The first kappa shape index (κ1) is 10.1. The molecule has 2 aliphatic carbocycles. The maximum absolute atomic E-state index is 11.6. The van der Waals surface area contributed by atoms with Gasteiger partial charge in [0.15, 0.2) is 0 Å². The molecule has 1 spiro atoms. The molecule has 2 bridgehead atoms. The van der Waals surface area contributed by atoms with Gasteiger partial charge in [0, 0.05) is 5.41 Å². The van der Waals surface area contributed by atoms with E-state index in [9.17, 15) is 13.5 Å². The number of fused-ring (bicyclic) bond motifs is 1. The van der Waals surface area contributed by atoms with Crippen LogP contribution in [0.3, 0.4) is 0 Å². The molecule has 4 atom stereocenters. The van der Waals surface area contributed by atoms with Crippen LogP contribution in [0.4, 0.5) is 0 Å². The zero-order valence-electron chi connectivity index (χ0n) is 9.03. The van der Waals surface area contributed by atoms with Crippen LogP contribution in [-0.4, -0.2) is 31.4 Å². The van der Waals surface area contributed by atoms with E-state index in [-0.39, 0.29) is 28.5 Å². The first-order valence-corrected chi connectivity index (χ1v) is 7.13. The van der Waals surface area contributed by atoms with E-state index in [0.29, 0.717) is 0 Å². The molecule has 3 fully saturated rings. The molecule has 3 rings (SSSR count). The summed E-state index contributed by atoms with van der Waals surface area (Å²) in [5, 5.41) is 10.1. The van der Waals surface area contributed by atoms with Crippen molar-refractivity contribution in [2.24, 2.45) is 16.7 Å². The molecular weight excluding hydrogens is 214 g/mol.